The van der Waals surface area contributed by atoms with E-state index in [9.17, 15) is 0 Å². The highest BCUT2D eigenvalue weighted by Gasteiger charge is 2.17. The van der Waals surface area contributed by atoms with Gasteiger partial charge >= 0.3 is 0 Å². The van der Waals surface area contributed by atoms with Crippen molar-refractivity contribution in [3.8, 4) is 0 Å². The van der Waals surface area contributed by atoms with Gasteiger partial charge in [-0.2, -0.15) is 16.6 Å². The molecule has 0 aliphatic carbocycles. The highest BCUT2D eigenvalue weighted by atomic mass is 15.5. The fourth-order valence-electron chi connectivity index (χ4n) is 1.69. The third-order valence-corrected chi connectivity index (χ3v) is 2.92. The minimum atomic E-state index is -0.328. The number of benzene rings is 1. The monoisotopic (exact) mass is 378 g/mol. The first-order chi connectivity index (χ1) is 12.8. The molecule has 0 saturated carbocycles. The van der Waals surface area contributed by atoms with Gasteiger partial charge in [-0.15, -0.1) is 0 Å². The second kappa shape index (κ2) is 9.26. The van der Waals surface area contributed by atoms with Crippen LogP contribution in [-0.4, -0.2) is 17.9 Å². The second-order valence-corrected chi connectivity index (χ2v) is 4.49. The van der Waals surface area contributed by atoms with E-state index in [0.717, 1.165) is 15.0 Å². The van der Waals surface area contributed by atoms with Crippen LogP contribution in [0.3, 0.4) is 0 Å². The van der Waals surface area contributed by atoms with Crippen LogP contribution in [0.2, 0.25) is 0 Å². The highest BCUT2D eigenvalue weighted by Crippen LogP contribution is 2.27. The molecule has 0 spiro atoms. The number of anilines is 3. The molecule has 0 atom stereocenters. The molecule has 0 radical (unpaired) electrons. The van der Waals surface area contributed by atoms with Crippen molar-refractivity contribution in [2.75, 3.05) is 15.0 Å². The standard InChI is InChI=1S/C9H18N18/c10-7(19-22-13)25(16)4-1-5(26(17)8(11)20-23-14)3-6(2-4)27(18)9(12)21-24-15/h1-3H,16-18H2,(H3,10,13,19)(H3,11,14,20)(H3,12,15,21). The van der Waals surface area contributed by atoms with Crippen molar-refractivity contribution in [1.82, 2.24) is 0 Å². The molecule has 144 valence electrons. The van der Waals surface area contributed by atoms with Crippen molar-refractivity contribution in [2.24, 2.45) is 65.7 Å². The second-order valence-electron chi connectivity index (χ2n) is 4.49. The predicted octanol–water partition coefficient (Wildman–Crippen LogP) is -1.49. The molecule has 18 heteroatoms. The van der Waals surface area contributed by atoms with Crippen LogP contribution in [0.5, 0.6) is 0 Å². The van der Waals surface area contributed by atoms with E-state index in [4.69, 9.17) is 51.3 Å². The van der Waals surface area contributed by atoms with Crippen LogP contribution in [0.15, 0.2) is 49.2 Å². The van der Waals surface area contributed by atoms with Gasteiger partial charge in [-0.05, 0) is 33.9 Å². The van der Waals surface area contributed by atoms with Crippen molar-refractivity contribution >= 4 is 34.9 Å². The third-order valence-electron chi connectivity index (χ3n) is 2.92. The van der Waals surface area contributed by atoms with Crippen LogP contribution < -0.4 is 49.8 Å². The van der Waals surface area contributed by atoms with E-state index in [0.29, 0.717) is 0 Å². The molecule has 0 unspecified atom stereocenters. The first-order valence-corrected chi connectivity index (χ1v) is 6.66. The first-order valence-electron chi connectivity index (χ1n) is 6.66. The number of nitrogens with one attached hydrogen (secondary N) is 3. The maximum absolute atomic E-state index is 6.71. The van der Waals surface area contributed by atoms with Gasteiger partial charge in [-0.3, -0.25) is 0 Å². The fourth-order valence-corrected chi connectivity index (χ4v) is 1.69. The van der Waals surface area contributed by atoms with E-state index in [1.807, 2.05) is 0 Å². The summed E-state index contributed by atoms with van der Waals surface area (Å²) in [4.78, 5) is 0. The average Bonchev–Trinajstić information content (AvgIpc) is 2.66. The zero-order valence-corrected chi connectivity index (χ0v) is 13.7. The van der Waals surface area contributed by atoms with Crippen LogP contribution >= 0.6 is 0 Å². The molecule has 0 heterocycles. The van der Waals surface area contributed by atoms with E-state index < -0.39 is 0 Å². The predicted molar refractivity (Wildman–Crippen MR) is 96.8 cm³/mol. The van der Waals surface area contributed by atoms with Gasteiger partial charge in [0.05, 0.1) is 17.1 Å². The molecule has 0 aromatic heterocycles. The molecule has 27 heavy (non-hydrogen) atoms. The summed E-state index contributed by atoms with van der Waals surface area (Å²) in [6.45, 7) is 0. The Morgan fingerprint density at radius 3 is 1.00 bits per heavy atom. The topological polar surface area (TPSA) is 312 Å². The first kappa shape index (κ1) is 20.8. The molecule has 0 saturated heterocycles. The normalized spacial score (nSPS) is 12.3. The minimum absolute atomic E-state index is 0.171. The quantitative estimate of drug-likeness (QED) is 0.0912. The minimum Gasteiger partial charge on any atom is -0.367 e. The number of guanidine groups is 3. The lowest BCUT2D eigenvalue weighted by molar-refractivity contribution is 0.953. The number of hydrogen-bond donors (Lipinski definition) is 9. The van der Waals surface area contributed by atoms with Gasteiger partial charge in [0, 0.05) is 0 Å². The Labute approximate surface area is 151 Å². The molecule has 15 N–H and O–H groups in total. The molecule has 0 fully saturated rings. The van der Waals surface area contributed by atoms with E-state index in [-0.39, 0.29) is 34.9 Å². The van der Waals surface area contributed by atoms with Crippen molar-refractivity contribution in [3.63, 3.8) is 0 Å². The molecule has 0 amide bonds. The van der Waals surface area contributed by atoms with Crippen molar-refractivity contribution in [3.05, 3.63) is 18.2 Å². The number of rotatable bonds is 6. The van der Waals surface area contributed by atoms with Gasteiger partial charge in [0.2, 0.25) is 17.9 Å². The zero-order chi connectivity index (χ0) is 20.6. The summed E-state index contributed by atoms with van der Waals surface area (Å²) in [5, 5.41) is 20.9. The molecular weight excluding hydrogens is 360 g/mol. The summed E-state index contributed by atoms with van der Waals surface area (Å²) in [7, 11) is 0. The Balaban J connectivity index is 3.55. The van der Waals surface area contributed by atoms with Crippen molar-refractivity contribution in [2.45, 2.75) is 0 Å². The van der Waals surface area contributed by atoms with E-state index in [1.165, 1.54) is 18.2 Å². The maximum Gasteiger partial charge on any atom is 0.237 e. The summed E-state index contributed by atoms with van der Waals surface area (Å²) < 4.78 is 0. The van der Waals surface area contributed by atoms with Crippen LogP contribution in [-0.2, 0) is 0 Å². The smallest absolute Gasteiger partial charge is 0.237 e. The van der Waals surface area contributed by atoms with E-state index in [2.05, 4.69) is 31.0 Å². The lowest BCUT2D eigenvalue weighted by Crippen LogP contribution is -2.46. The van der Waals surface area contributed by atoms with Gasteiger partial charge < -0.3 is 17.2 Å². The van der Waals surface area contributed by atoms with Gasteiger partial charge in [0.25, 0.3) is 0 Å². The summed E-state index contributed by atoms with van der Waals surface area (Å²) in [6.07, 6.45) is 0. The summed E-state index contributed by atoms with van der Waals surface area (Å²) >= 11 is 0. The highest BCUT2D eigenvalue weighted by molar-refractivity contribution is 6.00. The van der Waals surface area contributed by atoms with Gasteiger partial charge in [-0.25, -0.2) is 32.6 Å². The summed E-state index contributed by atoms with van der Waals surface area (Å²) in [5.41, 5.74) is 37.4. The summed E-state index contributed by atoms with van der Waals surface area (Å²) in [6, 6.07) is 4.20. The van der Waals surface area contributed by atoms with Crippen LogP contribution in [0, 0.1) is 16.6 Å². The third kappa shape index (κ3) is 5.09. The molecule has 1 aromatic carbocycles. The van der Waals surface area contributed by atoms with Crippen molar-refractivity contribution in [1.29, 1.82) is 16.6 Å². The van der Waals surface area contributed by atoms with E-state index >= 15 is 0 Å². The molecule has 0 aliphatic rings. The van der Waals surface area contributed by atoms with E-state index in [1.54, 1.807) is 0 Å². The molecule has 0 aliphatic heterocycles. The van der Waals surface area contributed by atoms with Gasteiger partial charge in [0.15, 0.2) is 0 Å². The molecular formula is C9H18N18. The lowest BCUT2D eigenvalue weighted by atomic mass is 10.2. The number of hydrazine groups is 3. The number of hydrogen-bond acceptors (Lipinski definition) is 9. The average molecular weight is 378 g/mol. The Hall–Kier alpha value is -4.29. The fraction of sp³-hybridized carbons (Fsp3) is 0. The maximum atomic E-state index is 6.71. The van der Waals surface area contributed by atoms with Gasteiger partial charge in [-0.1, -0.05) is 15.3 Å². The van der Waals surface area contributed by atoms with Crippen molar-refractivity contribution < 1.29 is 0 Å². The molecule has 1 aromatic rings. The lowest BCUT2D eigenvalue weighted by Gasteiger charge is -2.25. The Morgan fingerprint density at radius 2 is 0.815 bits per heavy atom. The van der Waals surface area contributed by atoms with Crippen LogP contribution in [0.4, 0.5) is 17.1 Å². The Bertz CT molecular complexity index is 675. The SMILES string of the molecule is N=NN=C(N)N(N)c1cc(N(N)C(N)=NN=N)cc(N(N)C(N)=NN=N)c1. The molecule has 18 nitrogen and oxygen atoms in total. The number of nitrogens with two attached hydrogens (primary N) is 6. The van der Waals surface area contributed by atoms with Crippen LogP contribution in [0.25, 0.3) is 0 Å². The molecule has 1 rings (SSSR count). The zero-order valence-electron chi connectivity index (χ0n) is 13.7. The Morgan fingerprint density at radius 1 is 0.593 bits per heavy atom. The molecule has 0 bridgehead atoms. The number of nitrogens with zero attached hydrogens (tertiary/aromatic N) is 9. The van der Waals surface area contributed by atoms with Crippen LogP contribution in [0.1, 0.15) is 0 Å². The largest absolute Gasteiger partial charge is 0.367 e. The Kier molecular flexibility index (Phi) is 7.12. The summed E-state index contributed by atoms with van der Waals surface area (Å²) in [5.74, 6) is 16.5. The van der Waals surface area contributed by atoms with Gasteiger partial charge in [0.1, 0.15) is 0 Å².